The fourth-order valence-corrected chi connectivity index (χ4v) is 3.86. The van der Waals surface area contributed by atoms with E-state index in [-0.39, 0.29) is 0 Å². The molecule has 1 N–H and O–H groups in total. The molecule has 2 aromatic carbocycles. The van der Waals surface area contributed by atoms with E-state index < -0.39 is 6.10 Å². The van der Waals surface area contributed by atoms with Gasteiger partial charge in [0.25, 0.3) is 0 Å². The Labute approximate surface area is 198 Å². The quantitative estimate of drug-likeness (QED) is 0.377. The van der Waals surface area contributed by atoms with Gasteiger partial charge in [0, 0.05) is 31.5 Å². The maximum Gasteiger partial charge on any atom is 0.119 e. The Morgan fingerprint density at radius 3 is 2.52 bits per heavy atom. The number of benzene rings is 2. The van der Waals surface area contributed by atoms with Crippen LogP contribution < -0.4 is 4.74 Å². The monoisotopic (exact) mass is 450 g/mol. The zero-order valence-electron chi connectivity index (χ0n) is 20.2. The van der Waals surface area contributed by atoms with Crippen LogP contribution in [0.2, 0.25) is 0 Å². The summed E-state index contributed by atoms with van der Waals surface area (Å²) in [5, 5.41) is 10.7. The van der Waals surface area contributed by atoms with E-state index in [2.05, 4.69) is 53.8 Å². The van der Waals surface area contributed by atoms with Crippen molar-refractivity contribution in [1.82, 2.24) is 9.47 Å². The summed E-state index contributed by atoms with van der Waals surface area (Å²) in [5.74, 6) is 1.49. The van der Waals surface area contributed by atoms with Crippen LogP contribution in [0.3, 0.4) is 0 Å². The van der Waals surface area contributed by atoms with Crippen molar-refractivity contribution in [3.8, 4) is 5.75 Å². The van der Waals surface area contributed by atoms with Crippen LogP contribution in [0.1, 0.15) is 37.1 Å². The van der Waals surface area contributed by atoms with Gasteiger partial charge in [0.2, 0.25) is 0 Å². The normalized spacial score (nSPS) is 12.4. The first-order chi connectivity index (χ1) is 16.0. The molecule has 1 unspecified atom stereocenters. The molecule has 0 radical (unpaired) electrons. The summed E-state index contributed by atoms with van der Waals surface area (Å²) in [6.45, 7) is 8.45. The molecule has 0 fully saturated rings. The molecule has 0 saturated carbocycles. The van der Waals surface area contributed by atoms with Gasteiger partial charge in [-0.25, -0.2) is 0 Å². The lowest BCUT2D eigenvalue weighted by Gasteiger charge is -2.26. The van der Waals surface area contributed by atoms with Gasteiger partial charge in [0.05, 0.1) is 26.4 Å². The van der Waals surface area contributed by atoms with Gasteiger partial charge in [-0.1, -0.05) is 56.3 Å². The molecule has 0 aliphatic carbocycles. The predicted octanol–water partition coefficient (Wildman–Crippen LogP) is 4.97. The number of aliphatic hydroxyl groups is 1. The number of aromatic nitrogens is 1. The van der Waals surface area contributed by atoms with Gasteiger partial charge in [0.1, 0.15) is 5.75 Å². The largest absolute Gasteiger partial charge is 0.497 e. The van der Waals surface area contributed by atoms with E-state index in [1.54, 1.807) is 7.11 Å². The maximum atomic E-state index is 10.7. The molecular formula is C28H38N2O3. The Hall–Kier alpha value is -2.60. The minimum atomic E-state index is -0.525. The third-order valence-corrected chi connectivity index (χ3v) is 5.71. The standard InChI is InChI=1S/C28H38N2O3/c1-23(2)14-16-29(20-27(31)22-33-21-24-9-5-4-6-10-24)19-26-12-8-15-30(26)18-25-11-7-13-28(17-25)32-3/h4-13,15,17,23,27,31H,14,16,18-22H2,1-3H3. The van der Waals surface area contributed by atoms with Gasteiger partial charge in [-0.3, -0.25) is 4.90 Å². The second-order valence-electron chi connectivity index (χ2n) is 9.05. The molecule has 5 heteroatoms. The van der Waals surface area contributed by atoms with Crippen LogP contribution in [0.25, 0.3) is 0 Å². The summed E-state index contributed by atoms with van der Waals surface area (Å²) < 4.78 is 13.4. The Balaban J connectivity index is 1.58. The number of methoxy groups -OCH3 is 1. The smallest absolute Gasteiger partial charge is 0.119 e. The Kier molecular flexibility index (Phi) is 10.0. The van der Waals surface area contributed by atoms with Crippen molar-refractivity contribution >= 4 is 0 Å². The van der Waals surface area contributed by atoms with E-state index in [0.717, 1.165) is 37.4 Å². The molecule has 0 spiro atoms. The lowest BCUT2D eigenvalue weighted by molar-refractivity contribution is 0.00757. The first-order valence-corrected chi connectivity index (χ1v) is 11.8. The van der Waals surface area contributed by atoms with Crippen LogP contribution in [0.4, 0.5) is 0 Å². The third kappa shape index (κ3) is 8.69. The molecule has 0 saturated heterocycles. The minimum Gasteiger partial charge on any atom is -0.497 e. The van der Waals surface area contributed by atoms with E-state index >= 15 is 0 Å². The van der Waals surface area contributed by atoms with E-state index in [1.165, 1.54) is 11.3 Å². The molecule has 0 bridgehead atoms. The fourth-order valence-electron chi connectivity index (χ4n) is 3.86. The number of hydrogen-bond acceptors (Lipinski definition) is 4. The summed E-state index contributed by atoms with van der Waals surface area (Å²) in [5.41, 5.74) is 3.56. The van der Waals surface area contributed by atoms with Gasteiger partial charge in [-0.05, 0) is 54.3 Å². The molecule has 1 aromatic heterocycles. The first kappa shape index (κ1) is 25.0. The molecule has 0 aliphatic rings. The van der Waals surface area contributed by atoms with Crippen LogP contribution >= 0.6 is 0 Å². The summed E-state index contributed by atoms with van der Waals surface area (Å²) in [4.78, 5) is 2.34. The summed E-state index contributed by atoms with van der Waals surface area (Å²) in [7, 11) is 1.70. The SMILES string of the molecule is COc1cccc(Cn2cccc2CN(CCC(C)C)CC(O)COCc2ccccc2)c1. The highest BCUT2D eigenvalue weighted by Crippen LogP contribution is 2.16. The number of aliphatic hydroxyl groups excluding tert-OH is 1. The molecule has 178 valence electrons. The van der Waals surface area contributed by atoms with Crippen molar-refractivity contribution in [2.75, 3.05) is 26.8 Å². The molecule has 1 atom stereocenters. The number of ether oxygens (including phenoxy) is 2. The Morgan fingerprint density at radius 1 is 0.970 bits per heavy atom. The van der Waals surface area contributed by atoms with E-state index in [0.29, 0.717) is 25.7 Å². The minimum absolute atomic E-state index is 0.331. The van der Waals surface area contributed by atoms with Gasteiger partial charge < -0.3 is 19.1 Å². The van der Waals surface area contributed by atoms with Crippen molar-refractivity contribution in [2.24, 2.45) is 5.92 Å². The predicted molar refractivity (Wildman–Crippen MR) is 133 cm³/mol. The lowest BCUT2D eigenvalue weighted by Crippen LogP contribution is -2.36. The van der Waals surface area contributed by atoms with Crippen molar-refractivity contribution in [3.05, 3.63) is 89.7 Å². The van der Waals surface area contributed by atoms with Crippen LogP contribution in [0, 0.1) is 5.92 Å². The topological polar surface area (TPSA) is 46.9 Å². The molecule has 3 aromatic rings. The number of hydrogen-bond donors (Lipinski definition) is 1. The highest BCUT2D eigenvalue weighted by Gasteiger charge is 2.15. The van der Waals surface area contributed by atoms with E-state index in [1.807, 2.05) is 42.5 Å². The second-order valence-corrected chi connectivity index (χ2v) is 9.05. The van der Waals surface area contributed by atoms with Gasteiger partial charge in [0.15, 0.2) is 0 Å². The van der Waals surface area contributed by atoms with Crippen LogP contribution in [0.15, 0.2) is 72.9 Å². The molecule has 0 aliphatic heterocycles. The van der Waals surface area contributed by atoms with Gasteiger partial charge in [-0.15, -0.1) is 0 Å². The fraction of sp³-hybridized carbons (Fsp3) is 0.429. The van der Waals surface area contributed by atoms with Gasteiger partial charge in [-0.2, -0.15) is 0 Å². The molecule has 3 rings (SSSR count). The molecule has 33 heavy (non-hydrogen) atoms. The van der Waals surface area contributed by atoms with Crippen molar-refractivity contribution < 1.29 is 14.6 Å². The average Bonchev–Trinajstić information content (AvgIpc) is 3.24. The highest BCUT2D eigenvalue weighted by atomic mass is 16.5. The van der Waals surface area contributed by atoms with Gasteiger partial charge >= 0.3 is 0 Å². The Morgan fingerprint density at radius 2 is 1.76 bits per heavy atom. The molecule has 1 heterocycles. The Bertz CT molecular complexity index is 939. The molecular weight excluding hydrogens is 412 g/mol. The average molecular weight is 451 g/mol. The van der Waals surface area contributed by atoms with E-state index in [4.69, 9.17) is 9.47 Å². The summed E-state index contributed by atoms with van der Waals surface area (Å²) >= 11 is 0. The third-order valence-electron chi connectivity index (χ3n) is 5.71. The van der Waals surface area contributed by atoms with Crippen molar-refractivity contribution in [3.63, 3.8) is 0 Å². The second kappa shape index (κ2) is 13.2. The number of nitrogens with zero attached hydrogens (tertiary/aromatic N) is 2. The van der Waals surface area contributed by atoms with Crippen molar-refractivity contribution in [1.29, 1.82) is 0 Å². The zero-order chi connectivity index (χ0) is 23.5. The van der Waals surface area contributed by atoms with Crippen LogP contribution in [-0.2, 0) is 24.4 Å². The van der Waals surface area contributed by atoms with Crippen LogP contribution in [-0.4, -0.2) is 47.5 Å². The maximum absolute atomic E-state index is 10.7. The molecule has 0 amide bonds. The molecule has 5 nitrogen and oxygen atoms in total. The first-order valence-electron chi connectivity index (χ1n) is 11.8. The van der Waals surface area contributed by atoms with Crippen LogP contribution in [0.5, 0.6) is 5.75 Å². The number of rotatable bonds is 14. The lowest BCUT2D eigenvalue weighted by atomic mass is 10.1. The van der Waals surface area contributed by atoms with Crippen molar-refractivity contribution in [2.45, 2.75) is 46.1 Å². The summed E-state index contributed by atoms with van der Waals surface area (Å²) in [6, 6.07) is 22.5. The summed E-state index contributed by atoms with van der Waals surface area (Å²) in [6.07, 6.45) is 2.69. The van der Waals surface area contributed by atoms with E-state index in [9.17, 15) is 5.11 Å². The highest BCUT2D eigenvalue weighted by molar-refractivity contribution is 5.29. The zero-order valence-corrected chi connectivity index (χ0v) is 20.2.